The van der Waals surface area contributed by atoms with E-state index in [0.717, 1.165) is 18.7 Å². The van der Waals surface area contributed by atoms with Crippen LogP contribution in [0.4, 0.5) is 0 Å². The van der Waals surface area contributed by atoms with Crippen LogP contribution in [0.2, 0.25) is 10.0 Å². The lowest BCUT2D eigenvalue weighted by molar-refractivity contribution is 0.394. The Morgan fingerprint density at radius 1 is 1.24 bits per heavy atom. The Morgan fingerprint density at radius 3 is 2.52 bits per heavy atom. The van der Waals surface area contributed by atoms with Crippen molar-refractivity contribution < 1.29 is 0 Å². The maximum atomic E-state index is 6.45. The van der Waals surface area contributed by atoms with Crippen LogP contribution in [-0.4, -0.2) is 13.1 Å². The third-order valence-corrected chi connectivity index (χ3v) is 7.14. The molecule has 21 heavy (non-hydrogen) atoms. The molecular weight excluding hydrogens is 438 g/mol. The number of hydrogen-bond donors (Lipinski definition) is 2. The molecule has 0 bridgehead atoms. The van der Waals surface area contributed by atoms with E-state index in [1.165, 1.54) is 18.9 Å². The molecule has 2 N–H and O–H groups in total. The fourth-order valence-corrected chi connectivity index (χ4v) is 5.28. The first-order chi connectivity index (χ1) is 9.92. The molecule has 1 aromatic carbocycles. The van der Waals surface area contributed by atoms with Gasteiger partial charge in [-0.2, -0.15) is 0 Å². The first-order valence-electron chi connectivity index (χ1n) is 6.67. The fraction of sp³-hybridized carbons (Fsp3) is 0.333. The molecule has 0 aliphatic carbocycles. The smallest absolute Gasteiger partial charge is 0.102 e. The van der Waals surface area contributed by atoms with Crippen LogP contribution in [-0.2, 0) is 5.66 Å². The highest BCUT2D eigenvalue weighted by atomic mass is 127. The molecule has 1 saturated heterocycles. The zero-order valence-electron chi connectivity index (χ0n) is 11.7. The number of benzene rings is 1. The second-order valence-corrected chi connectivity index (χ2v) is 8.98. The molecule has 0 spiro atoms. The Bertz CT molecular complexity index is 693. The summed E-state index contributed by atoms with van der Waals surface area (Å²) in [6, 6.07) is 5.72. The number of rotatable bonds is 2. The molecule has 1 aliphatic rings. The van der Waals surface area contributed by atoms with Crippen molar-refractivity contribution in [3.63, 3.8) is 0 Å². The van der Waals surface area contributed by atoms with Crippen molar-refractivity contribution in [3.05, 3.63) is 41.6 Å². The maximum Gasteiger partial charge on any atom is 0.102 e. The van der Waals surface area contributed by atoms with Crippen molar-refractivity contribution in [1.29, 1.82) is 0 Å². The number of hydrogen-bond acceptors (Lipinski definition) is 3. The molecule has 0 radical (unpaired) electrons. The summed E-state index contributed by atoms with van der Waals surface area (Å²) in [6.45, 7) is 6.28. The first kappa shape index (κ1) is 16.0. The quantitative estimate of drug-likeness (QED) is 0.626. The van der Waals surface area contributed by atoms with Crippen molar-refractivity contribution in [1.82, 2.24) is 10.6 Å². The standard InChI is InChI=1S/C15H15Cl2IN2S/c1-8-12(10-4-3-9(16)7-11(10)17)13(21-14(8)18)15(2)19-5-6-20-15/h3-4,7,19-20H,5-6H2,1-2H3. The van der Waals surface area contributed by atoms with Crippen LogP contribution in [0.25, 0.3) is 11.1 Å². The SMILES string of the molecule is Cc1c(I)sc(C2(C)NCCN2)c1-c1ccc(Cl)cc1Cl. The van der Waals surface area contributed by atoms with E-state index in [-0.39, 0.29) is 5.66 Å². The number of thiophene rings is 1. The van der Waals surface area contributed by atoms with E-state index in [1.807, 2.05) is 29.5 Å². The van der Waals surface area contributed by atoms with Crippen LogP contribution in [0, 0.1) is 9.81 Å². The van der Waals surface area contributed by atoms with Gasteiger partial charge >= 0.3 is 0 Å². The number of nitrogens with one attached hydrogen (secondary N) is 2. The molecule has 0 unspecified atom stereocenters. The largest absolute Gasteiger partial charge is 0.294 e. The Hall–Kier alpha value is 0.150. The van der Waals surface area contributed by atoms with E-state index in [0.29, 0.717) is 10.0 Å². The van der Waals surface area contributed by atoms with Gasteiger partial charge in [-0.15, -0.1) is 11.3 Å². The third-order valence-electron chi connectivity index (χ3n) is 3.83. The molecular formula is C15H15Cl2IN2S. The Labute approximate surface area is 152 Å². The minimum Gasteiger partial charge on any atom is -0.294 e. The van der Waals surface area contributed by atoms with Gasteiger partial charge in [0.2, 0.25) is 0 Å². The Balaban J connectivity index is 2.22. The van der Waals surface area contributed by atoms with Crippen LogP contribution in [0.1, 0.15) is 17.4 Å². The molecule has 1 aliphatic heterocycles. The van der Waals surface area contributed by atoms with Gasteiger partial charge in [-0.1, -0.05) is 29.3 Å². The van der Waals surface area contributed by atoms with Gasteiger partial charge in [-0.25, -0.2) is 0 Å². The summed E-state index contributed by atoms with van der Waals surface area (Å²) in [5, 5.41) is 8.48. The third kappa shape index (κ3) is 2.86. The van der Waals surface area contributed by atoms with Gasteiger partial charge in [0, 0.05) is 39.1 Å². The second kappa shape index (κ2) is 5.98. The summed E-state index contributed by atoms with van der Waals surface area (Å²) in [5.74, 6) is 0. The molecule has 3 rings (SSSR count). The van der Waals surface area contributed by atoms with E-state index in [4.69, 9.17) is 23.2 Å². The van der Waals surface area contributed by atoms with Crippen molar-refractivity contribution in [2.75, 3.05) is 13.1 Å². The average Bonchev–Trinajstić information content (AvgIpc) is 2.98. The summed E-state index contributed by atoms with van der Waals surface area (Å²) in [5.41, 5.74) is 3.34. The lowest BCUT2D eigenvalue weighted by Gasteiger charge is -2.26. The van der Waals surface area contributed by atoms with Crippen molar-refractivity contribution in [3.8, 4) is 11.1 Å². The molecule has 1 aromatic heterocycles. The van der Waals surface area contributed by atoms with Gasteiger partial charge < -0.3 is 0 Å². The lowest BCUT2D eigenvalue weighted by atomic mass is 9.97. The highest BCUT2D eigenvalue weighted by molar-refractivity contribution is 14.1. The predicted octanol–water partition coefficient (Wildman–Crippen LogP) is 5.00. The van der Waals surface area contributed by atoms with Crippen molar-refractivity contribution in [2.24, 2.45) is 0 Å². The minimum absolute atomic E-state index is 0.197. The van der Waals surface area contributed by atoms with Gasteiger partial charge in [0.25, 0.3) is 0 Å². The Kier molecular flexibility index (Phi) is 4.56. The van der Waals surface area contributed by atoms with Gasteiger partial charge in [-0.3, -0.25) is 10.6 Å². The molecule has 2 nitrogen and oxygen atoms in total. The Morgan fingerprint density at radius 2 is 1.90 bits per heavy atom. The summed E-state index contributed by atoms with van der Waals surface area (Å²) in [4.78, 5) is 1.28. The molecule has 0 amide bonds. The first-order valence-corrected chi connectivity index (χ1v) is 9.32. The monoisotopic (exact) mass is 452 g/mol. The van der Waals surface area contributed by atoms with Gasteiger partial charge in [0.1, 0.15) is 5.66 Å². The molecule has 1 fully saturated rings. The molecule has 6 heteroatoms. The predicted molar refractivity (Wildman–Crippen MR) is 101 cm³/mol. The van der Waals surface area contributed by atoms with Crippen molar-refractivity contribution >= 4 is 57.1 Å². The number of halogens is 3. The fourth-order valence-electron chi connectivity index (χ4n) is 2.70. The van der Waals surface area contributed by atoms with E-state index >= 15 is 0 Å². The molecule has 0 saturated carbocycles. The summed E-state index contributed by atoms with van der Waals surface area (Å²) in [7, 11) is 0. The second-order valence-electron chi connectivity index (χ2n) is 5.31. The van der Waals surface area contributed by atoms with Crippen LogP contribution in [0.5, 0.6) is 0 Å². The van der Waals surface area contributed by atoms with E-state index in [1.54, 1.807) is 0 Å². The van der Waals surface area contributed by atoms with Crippen molar-refractivity contribution in [2.45, 2.75) is 19.5 Å². The topological polar surface area (TPSA) is 24.1 Å². The van der Waals surface area contributed by atoms with Crippen LogP contribution in [0.15, 0.2) is 18.2 Å². The maximum absolute atomic E-state index is 6.45. The minimum atomic E-state index is -0.197. The molecule has 2 aromatic rings. The molecule has 0 atom stereocenters. The summed E-state index contributed by atoms with van der Waals surface area (Å²) >= 11 is 16.7. The highest BCUT2D eigenvalue weighted by Crippen LogP contribution is 2.44. The van der Waals surface area contributed by atoms with Crippen LogP contribution in [0.3, 0.4) is 0 Å². The average molecular weight is 453 g/mol. The molecule has 112 valence electrons. The van der Waals surface area contributed by atoms with Crippen LogP contribution < -0.4 is 10.6 Å². The van der Waals surface area contributed by atoms with E-state index < -0.39 is 0 Å². The highest BCUT2D eigenvalue weighted by Gasteiger charge is 2.35. The van der Waals surface area contributed by atoms with Gasteiger partial charge in [0.15, 0.2) is 0 Å². The van der Waals surface area contributed by atoms with Gasteiger partial charge in [-0.05, 0) is 54.1 Å². The zero-order chi connectivity index (χ0) is 15.2. The lowest BCUT2D eigenvalue weighted by Crippen LogP contribution is -2.42. The normalized spacial score (nSPS) is 17.4. The van der Waals surface area contributed by atoms with Gasteiger partial charge in [0.05, 0.1) is 2.88 Å². The summed E-state index contributed by atoms with van der Waals surface area (Å²) < 4.78 is 1.29. The summed E-state index contributed by atoms with van der Waals surface area (Å²) in [6.07, 6.45) is 0. The van der Waals surface area contributed by atoms with Crippen LogP contribution >= 0.6 is 57.1 Å². The van der Waals surface area contributed by atoms with E-state index in [9.17, 15) is 0 Å². The van der Waals surface area contributed by atoms with E-state index in [2.05, 4.69) is 47.1 Å². The zero-order valence-corrected chi connectivity index (χ0v) is 16.2. The molecule has 2 heterocycles.